The van der Waals surface area contributed by atoms with Crippen LogP contribution >= 0.6 is 11.8 Å². The van der Waals surface area contributed by atoms with Gasteiger partial charge in [-0.2, -0.15) is 4.31 Å². The largest absolute Gasteiger partial charge is 0.353 e. The Morgan fingerprint density at radius 1 is 1.04 bits per heavy atom. The predicted octanol–water partition coefficient (Wildman–Crippen LogP) is 3.58. The number of amides is 1. The summed E-state index contributed by atoms with van der Waals surface area (Å²) < 4.78 is 26.9. The Labute approximate surface area is 172 Å². The highest BCUT2D eigenvalue weighted by molar-refractivity contribution is 7.99. The maximum absolute atomic E-state index is 12.7. The number of hydrogen-bond donors (Lipinski definition) is 1. The van der Waals surface area contributed by atoms with E-state index in [0.717, 1.165) is 32.1 Å². The van der Waals surface area contributed by atoms with Crippen LogP contribution in [0, 0.1) is 0 Å². The zero-order chi connectivity index (χ0) is 19.8. The molecule has 0 bridgehead atoms. The third kappa shape index (κ3) is 6.19. The van der Waals surface area contributed by atoms with Gasteiger partial charge in [-0.15, -0.1) is 0 Å². The molecular formula is C20H31N3O3S2. The third-order valence-electron chi connectivity index (χ3n) is 5.48. The van der Waals surface area contributed by atoms with Gasteiger partial charge in [-0.25, -0.2) is 13.4 Å². The van der Waals surface area contributed by atoms with Gasteiger partial charge < -0.3 is 5.32 Å². The minimum atomic E-state index is -3.45. The molecule has 6 nitrogen and oxygen atoms in total. The van der Waals surface area contributed by atoms with Crippen molar-refractivity contribution in [3.8, 4) is 0 Å². The van der Waals surface area contributed by atoms with Gasteiger partial charge in [-0.3, -0.25) is 4.79 Å². The Bertz CT molecular complexity index is 724. The number of aromatic nitrogens is 1. The lowest BCUT2D eigenvalue weighted by molar-refractivity contribution is -0.119. The lowest BCUT2D eigenvalue weighted by Crippen LogP contribution is -2.36. The maximum atomic E-state index is 12.7. The Morgan fingerprint density at radius 2 is 1.68 bits per heavy atom. The molecular weight excluding hydrogens is 394 g/mol. The molecule has 1 aliphatic heterocycles. The van der Waals surface area contributed by atoms with Crippen LogP contribution in [0.3, 0.4) is 0 Å². The number of piperidine rings is 1. The topological polar surface area (TPSA) is 79.4 Å². The van der Waals surface area contributed by atoms with Crippen LogP contribution < -0.4 is 5.32 Å². The fourth-order valence-electron chi connectivity index (χ4n) is 3.87. The van der Waals surface area contributed by atoms with Crippen molar-refractivity contribution in [3.05, 3.63) is 18.3 Å². The summed E-state index contributed by atoms with van der Waals surface area (Å²) in [6.45, 7) is 1.17. The summed E-state index contributed by atoms with van der Waals surface area (Å²) in [7, 11) is -3.45. The fourth-order valence-corrected chi connectivity index (χ4v) is 5.99. The Morgan fingerprint density at radius 3 is 2.32 bits per heavy atom. The van der Waals surface area contributed by atoms with Crippen molar-refractivity contribution in [2.75, 3.05) is 18.8 Å². The molecule has 1 amide bonds. The fraction of sp³-hybridized carbons (Fsp3) is 0.700. The standard InChI is InChI=1S/C20H31N3O3S2/c24-19(22-17-9-5-2-1-3-6-10-17)16-27-20-12-11-18(15-21-20)28(25,26)23-13-7-4-8-14-23/h11-12,15,17H,1-10,13-14,16H2,(H,22,24). The van der Waals surface area contributed by atoms with E-state index < -0.39 is 10.0 Å². The molecule has 1 aromatic heterocycles. The molecule has 0 spiro atoms. The molecule has 0 aromatic carbocycles. The highest BCUT2D eigenvalue weighted by atomic mass is 32.2. The van der Waals surface area contributed by atoms with Gasteiger partial charge in [0, 0.05) is 25.3 Å². The Kier molecular flexibility index (Phi) is 8.17. The highest BCUT2D eigenvalue weighted by Gasteiger charge is 2.26. The lowest BCUT2D eigenvalue weighted by Gasteiger charge is -2.25. The summed E-state index contributed by atoms with van der Waals surface area (Å²) in [5, 5.41) is 3.82. The molecule has 2 fully saturated rings. The quantitative estimate of drug-likeness (QED) is 0.705. The van der Waals surface area contributed by atoms with Gasteiger partial charge in [0.2, 0.25) is 15.9 Å². The summed E-state index contributed by atoms with van der Waals surface area (Å²) in [4.78, 5) is 16.8. The summed E-state index contributed by atoms with van der Waals surface area (Å²) in [5.74, 6) is 0.337. The molecule has 0 atom stereocenters. The molecule has 1 aliphatic carbocycles. The smallest absolute Gasteiger partial charge is 0.244 e. The van der Waals surface area contributed by atoms with Gasteiger partial charge in [0.15, 0.2) is 0 Å². The number of rotatable bonds is 6. The molecule has 1 N–H and O–H groups in total. The van der Waals surface area contributed by atoms with E-state index in [0.29, 0.717) is 29.9 Å². The van der Waals surface area contributed by atoms with Gasteiger partial charge in [0.05, 0.1) is 10.8 Å². The van der Waals surface area contributed by atoms with Crippen molar-refractivity contribution in [1.82, 2.24) is 14.6 Å². The second-order valence-electron chi connectivity index (χ2n) is 7.70. The van der Waals surface area contributed by atoms with Crippen molar-refractivity contribution in [3.63, 3.8) is 0 Å². The lowest BCUT2D eigenvalue weighted by atomic mass is 9.97. The van der Waals surface area contributed by atoms with E-state index in [1.54, 1.807) is 16.4 Å². The Hall–Kier alpha value is -1.12. The van der Waals surface area contributed by atoms with Gasteiger partial charge >= 0.3 is 0 Å². The SMILES string of the molecule is O=C(CSc1ccc(S(=O)(=O)N2CCCCC2)cn1)NC1CCCCCCC1. The van der Waals surface area contributed by atoms with E-state index in [1.165, 1.54) is 50.1 Å². The number of hydrogen-bond acceptors (Lipinski definition) is 5. The summed E-state index contributed by atoms with van der Waals surface area (Å²) in [6, 6.07) is 3.59. The average molecular weight is 426 g/mol. The normalized spacial score (nSPS) is 20.3. The number of pyridine rings is 1. The van der Waals surface area contributed by atoms with Gasteiger partial charge in [0.25, 0.3) is 0 Å². The van der Waals surface area contributed by atoms with Crippen LogP contribution in [-0.2, 0) is 14.8 Å². The van der Waals surface area contributed by atoms with E-state index in [2.05, 4.69) is 10.3 Å². The van der Waals surface area contributed by atoms with Crippen LogP contribution in [0.5, 0.6) is 0 Å². The minimum absolute atomic E-state index is 0.0300. The van der Waals surface area contributed by atoms with Crippen LogP contribution in [0.15, 0.2) is 28.3 Å². The first-order valence-electron chi connectivity index (χ1n) is 10.4. The van der Waals surface area contributed by atoms with Crippen molar-refractivity contribution in [2.45, 2.75) is 80.2 Å². The van der Waals surface area contributed by atoms with Gasteiger partial charge in [-0.05, 0) is 37.8 Å². The van der Waals surface area contributed by atoms with Crippen LogP contribution in [0.25, 0.3) is 0 Å². The first kappa shape index (κ1) is 21.6. The first-order chi connectivity index (χ1) is 13.6. The molecule has 1 saturated carbocycles. The van der Waals surface area contributed by atoms with Crippen LogP contribution in [0.4, 0.5) is 0 Å². The molecule has 0 radical (unpaired) electrons. The summed E-state index contributed by atoms with van der Waals surface area (Å²) in [5.41, 5.74) is 0. The van der Waals surface area contributed by atoms with Gasteiger partial charge in [0.1, 0.15) is 4.90 Å². The molecule has 2 aliphatic rings. The Balaban J connectivity index is 1.49. The molecule has 1 aromatic rings. The first-order valence-corrected chi connectivity index (χ1v) is 12.9. The molecule has 0 unspecified atom stereocenters. The zero-order valence-electron chi connectivity index (χ0n) is 16.4. The number of nitrogens with one attached hydrogen (secondary N) is 1. The van der Waals surface area contributed by atoms with E-state index in [1.807, 2.05) is 0 Å². The molecule has 1 saturated heterocycles. The number of carbonyl (C=O) groups is 1. The number of thioether (sulfide) groups is 1. The molecule has 2 heterocycles. The second-order valence-corrected chi connectivity index (χ2v) is 10.6. The summed E-state index contributed by atoms with van der Waals surface area (Å²) >= 11 is 1.35. The summed E-state index contributed by atoms with van der Waals surface area (Å²) in [6.07, 6.45) is 12.7. The number of nitrogens with zero attached hydrogens (tertiary/aromatic N) is 2. The molecule has 156 valence electrons. The van der Waals surface area contributed by atoms with Crippen molar-refractivity contribution >= 4 is 27.7 Å². The highest BCUT2D eigenvalue weighted by Crippen LogP contribution is 2.23. The monoisotopic (exact) mass is 425 g/mol. The van der Waals surface area contributed by atoms with E-state index in [-0.39, 0.29) is 10.8 Å². The van der Waals surface area contributed by atoms with E-state index >= 15 is 0 Å². The van der Waals surface area contributed by atoms with Crippen molar-refractivity contribution in [1.29, 1.82) is 0 Å². The number of carbonyl (C=O) groups excluding carboxylic acids is 1. The average Bonchev–Trinajstić information content (AvgIpc) is 2.69. The van der Waals surface area contributed by atoms with Crippen LogP contribution in [-0.4, -0.2) is 48.5 Å². The third-order valence-corrected chi connectivity index (χ3v) is 8.31. The molecule has 3 rings (SSSR count). The predicted molar refractivity (Wildman–Crippen MR) is 112 cm³/mol. The van der Waals surface area contributed by atoms with E-state index in [9.17, 15) is 13.2 Å². The van der Waals surface area contributed by atoms with Crippen LogP contribution in [0.2, 0.25) is 0 Å². The van der Waals surface area contributed by atoms with Crippen molar-refractivity contribution < 1.29 is 13.2 Å². The maximum Gasteiger partial charge on any atom is 0.244 e. The van der Waals surface area contributed by atoms with Gasteiger partial charge in [-0.1, -0.05) is 50.3 Å². The van der Waals surface area contributed by atoms with E-state index in [4.69, 9.17) is 0 Å². The number of sulfonamides is 1. The van der Waals surface area contributed by atoms with Crippen LogP contribution in [0.1, 0.15) is 64.2 Å². The molecule has 8 heteroatoms. The second kappa shape index (κ2) is 10.6. The zero-order valence-corrected chi connectivity index (χ0v) is 18.1. The molecule has 28 heavy (non-hydrogen) atoms. The van der Waals surface area contributed by atoms with Crippen molar-refractivity contribution in [2.24, 2.45) is 0 Å². The minimum Gasteiger partial charge on any atom is -0.353 e.